The molecule has 124 valence electrons. The number of methoxy groups -OCH3 is 1. The lowest BCUT2D eigenvalue weighted by Gasteiger charge is -2.07. The Morgan fingerprint density at radius 3 is 2.00 bits per heavy atom. The van der Waals surface area contributed by atoms with Gasteiger partial charge in [0, 0.05) is 5.69 Å². The van der Waals surface area contributed by atoms with Gasteiger partial charge in [0.2, 0.25) is 0 Å². The van der Waals surface area contributed by atoms with Crippen molar-refractivity contribution in [3.63, 3.8) is 0 Å². The Balaban J connectivity index is 1.87. The van der Waals surface area contributed by atoms with Crippen molar-refractivity contribution >= 4 is 23.5 Å². The van der Waals surface area contributed by atoms with E-state index in [1.165, 1.54) is 55.6 Å². The quantitative estimate of drug-likeness (QED) is 0.851. The van der Waals surface area contributed by atoms with Crippen LogP contribution >= 0.6 is 0 Å². The fourth-order valence-corrected chi connectivity index (χ4v) is 1.80. The zero-order valence-electron chi connectivity index (χ0n) is 12.7. The number of amides is 1. The molecular formula is C17H14FNO5. The zero-order chi connectivity index (χ0) is 17.5. The molecule has 6 nitrogen and oxygen atoms in total. The highest BCUT2D eigenvalue weighted by molar-refractivity contribution is 5.96. The first kappa shape index (κ1) is 17.1. The third kappa shape index (κ3) is 4.64. The molecule has 1 amide bonds. The van der Waals surface area contributed by atoms with Gasteiger partial charge < -0.3 is 14.8 Å². The third-order valence-corrected chi connectivity index (χ3v) is 3.00. The number of carbonyl (C=O) groups is 3. The van der Waals surface area contributed by atoms with Crippen LogP contribution in [0.25, 0.3) is 0 Å². The van der Waals surface area contributed by atoms with Gasteiger partial charge in [-0.15, -0.1) is 0 Å². The summed E-state index contributed by atoms with van der Waals surface area (Å²) < 4.78 is 22.2. The molecule has 2 aromatic carbocycles. The molecule has 0 saturated heterocycles. The molecule has 0 aromatic heterocycles. The highest BCUT2D eigenvalue weighted by Crippen LogP contribution is 2.09. The van der Waals surface area contributed by atoms with Crippen LogP contribution < -0.4 is 5.32 Å². The second-order valence-corrected chi connectivity index (χ2v) is 4.70. The van der Waals surface area contributed by atoms with Crippen molar-refractivity contribution in [1.82, 2.24) is 0 Å². The second-order valence-electron chi connectivity index (χ2n) is 4.70. The first-order valence-electron chi connectivity index (χ1n) is 6.90. The number of hydrogen-bond donors (Lipinski definition) is 1. The number of hydrogen-bond acceptors (Lipinski definition) is 5. The number of rotatable bonds is 5. The van der Waals surface area contributed by atoms with Crippen molar-refractivity contribution in [3.05, 3.63) is 65.5 Å². The molecule has 0 aliphatic carbocycles. The Labute approximate surface area is 137 Å². The maximum Gasteiger partial charge on any atom is 0.338 e. The molecule has 0 heterocycles. The van der Waals surface area contributed by atoms with Crippen molar-refractivity contribution in [2.24, 2.45) is 0 Å². The number of anilines is 1. The summed E-state index contributed by atoms with van der Waals surface area (Å²) >= 11 is 0. The van der Waals surface area contributed by atoms with Gasteiger partial charge >= 0.3 is 11.9 Å². The third-order valence-electron chi connectivity index (χ3n) is 3.00. The fourth-order valence-electron chi connectivity index (χ4n) is 1.80. The van der Waals surface area contributed by atoms with Gasteiger partial charge in [-0.3, -0.25) is 4.79 Å². The predicted molar refractivity (Wildman–Crippen MR) is 83.1 cm³/mol. The Hall–Kier alpha value is -3.22. The van der Waals surface area contributed by atoms with Crippen LogP contribution in [0.1, 0.15) is 20.7 Å². The number of benzene rings is 2. The summed E-state index contributed by atoms with van der Waals surface area (Å²) in [5.74, 6) is -2.20. The van der Waals surface area contributed by atoms with Crippen LogP contribution in [-0.2, 0) is 14.3 Å². The summed E-state index contributed by atoms with van der Waals surface area (Å²) in [6.45, 7) is -0.491. The maximum atomic E-state index is 12.8. The molecule has 2 aromatic rings. The molecule has 0 bridgehead atoms. The summed E-state index contributed by atoms with van der Waals surface area (Å²) in [5.41, 5.74) is 0.875. The predicted octanol–water partition coefficient (Wildman–Crippen LogP) is 2.41. The highest BCUT2D eigenvalue weighted by Gasteiger charge is 2.12. The molecular weight excluding hydrogens is 317 g/mol. The van der Waals surface area contributed by atoms with Crippen LogP contribution in [0.3, 0.4) is 0 Å². The lowest BCUT2D eigenvalue weighted by atomic mass is 10.1. The van der Waals surface area contributed by atoms with Crippen molar-refractivity contribution in [2.45, 2.75) is 0 Å². The van der Waals surface area contributed by atoms with Crippen LogP contribution in [0.15, 0.2) is 48.5 Å². The van der Waals surface area contributed by atoms with E-state index in [9.17, 15) is 18.8 Å². The minimum atomic E-state index is -0.708. The van der Waals surface area contributed by atoms with E-state index in [-0.39, 0.29) is 5.56 Å². The molecule has 2 rings (SSSR count). The van der Waals surface area contributed by atoms with Gasteiger partial charge in [0.25, 0.3) is 5.91 Å². The highest BCUT2D eigenvalue weighted by atomic mass is 19.1. The summed E-state index contributed by atoms with van der Waals surface area (Å²) in [5, 5.41) is 2.46. The number of halogens is 1. The minimum absolute atomic E-state index is 0.192. The van der Waals surface area contributed by atoms with Gasteiger partial charge in [0.15, 0.2) is 6.61 Å². The molecule has 0 atom stereocenters. The first-order valence-corrected chi connectivity index (χ1v) is 6.90. The molecule has 0 saturated carbocycles. The lowest BCUT2D eigenvalue weighted by molar-refractivity contribution is -0.119. The number of nitrogens with one attached hydrogen (secondary N) is 1. The molecule has 0 radical (unpaired) electrons. The van der Waals surface area contributed by atoms with Crippen LogP contribution in [0, 0.1) is 5.82 Å². The summed E-state index contributed by atoms with van der Waals surface area (Å²) in [7, 11) is 1.25. The van der Waals surface area contributed by atoms with Crippen LogP contribution in [0.4, 0.5) is 10.1 Å². The van der Waals surface area contributed by atoms with Gasteiger partial charge in [0.1, 0.15) is 5.82 Å². The van der Waals surface area contributed by atoms with Crippen molar-refractivity contribution < 1.29 is 28.2 Å². The minimum Gasteiger partial charge on any atom is -0.465 e. The van der Waals surface area contributed by atoms with Crippen LogP contribution in [0.2, 0.25) is 0 Å². The van der Waals surface area contributed by atoms with E-state index >= 15 is 0 Å². The summed E-state index contributed by atoms with van der Waals surface area (Å²) in [4.78, 5) is 34.8. The van der Waals surface area contributed by atoms with Gasteiger partial charge in [-0.1, -0.05) is 0 Å². The van der Waals surface area contributed by atoms with E-state index in [2.05, 4.69) is 10.1 Å². The molecule has 24 heavy (non-hydrogen) atoms. The monoisotopic (exact) mass is 331 g/mol. The second kappa shape index (κ2) is 7.87. The van der Waals surface area contributed by atoms with E-state index in [0.29, 0.717) is 11.3 Å². The SMILES string of the molecule is COC(=O)c1ccc(C(=O)OCC(=O)Nc2ccc(F)cc2)cc1. The van der Waals surface area contributed by atoms with E-state index in [1.54, 1.807) is 0 Å². The molecule has 1 N–H and O–H groups in total. The largest absolute Gasteiger partial charge is 0.465 e. The van der Waals surface area contributed by atoms with E-state index in [1.807, 2.05) is 0 Å². The molecule has 7 heteroatoms. The summed E-state index contributed by atoms with van der Waals surface area (Å²) in [6, 6.07) is 10.8. The van der Waals surface area contributed by atoms with Gasteiger partial charge in [-0.25, -0.2) is 14.0 Å². The maximum absolute atomic E-state index is 12.8. The van der Waals surface area contributed by atoms with Crippen LogP contribution in [0.5, 0.6) is 0 Å². The van der Waals surface area contributed by atoms with Gasteiger partial charge in [-0.05, 0) is 48.5 Å². The Morgan fingerprint density at radius 1 is 0.917 bits per heavy atom. The van der Waals surface area contributed by atoms with E-state index in [0.717, 1.165) is 0 Å². The van der Waals surface area contributed by atoms with Crippen molar-refractivity contribution in [1.29, 1.82) is 0 Å². The molecule has 0 spiro atoms. The van der Waals surface area contributed by atoms with Gasteiger partial charge in [-0.2, -0.15) is 0 Å². The normalized spacial score (nSPS) is 9.92. The van der Waals surface area contributed by atoms with Gasteiger partial charge in [0.05, 0.1) is 18.2 Å². The Bertz CT molecular complexity index is 741. The molecule has 0 aliphatic heterocycles. The first-order chi connectivity index (χ1) is 11.5. The topological polar surface area (TPSA) is 81.7 Å². The number of carbonyl (C=O) groups excluding carboxylic acids is 3. The van der Waals surface area contributed by atoms with Crippen LogP contribution in [-0.4, -0.2) is 31.6 Å². The average molecular weight is 331 g/mol. The number of esters is 2. The standard InChI is InChI=1S/C17H14FNO5/c1-23-16(21)11-2-4-12(5-3-11)17(22)24-10-15(20)19-14-8-6-13(18)7-9-14/h2-9H,10H2,1H3,(H,19,20). The fraction of sp³-hybridized carbons (Fsp3) is 0.118. The van der Waals surface area contributed by atoms with Crippen molar-refractivity contribution in [2.75, 3.05) is 19.0 Å². The average Bonchev–Trinajstić information content (AvgIpc) is 2.61. The Kier molecular flexibility index (Phi) is 5.62. The molecule has 0 aliphatic rings. The van der Waals surface area contributed by atoms with E-state index in [4.69, 9.17) is 4.74 Å². The smallest absolute Gasteiger partial charge is 0.338 e. The summed E-state index contributed by atoms with van der Waals surface area (Å²) in [6.07, 6.45) is 0. The zero-order valence-corrected chi connectivity index (χ0v) is 12.7. The Morgan fingerprint density at radius 2 is 1.46 bits per heavy atom. The van der Waals surface area contributed by atoms with E-state index < -0.39 is 30.3 Å². The number of ether oxygens (including phenoxy) is 2. The molecule has 0 fully saturated rings. The lowest BCUT2D eigenvalue weighted by Crippen LogP contribution is -2.21. The molecule has 0 unspecified atom stereocenters. The van der Waals surface area contributed by atoms with Crippen molar-refractivity contribution in [3.8, 4) is 0 Å².